The van der Waals surface area contributed by atoms with Gasteiger partial charge in [0.2, 0.25) is 0 Å². The van der Waals surface area contributed by atoms with Crippen LogP contribution in [0, 0.1) is 0 Å². The van der Waals surface area contributed by atoms with E-state index in [1.165, 1.54) is 0 Å². The maximum absolute atomic E-state index is 9.64. The van der Waals surface area contributed by atoms with Gasteiger partial charge >= 0.3 is 0 Å². The molecule has 0 atom stereocenters. The van der Waals surface area contributed by atoms with E-state index in [1.807, 2.05) is 42.5 Å². The van der Waals surface area contributed by atoms with E-state index in [0.717, 1.165) is 15.6 Å². The third-order valence-electron chi connectivity index (χ3n) is 2.04. The Hall–Kier alpha value is -1.28. The van der Waals surface area contributed by atoms with Crippen LogP contribution in [0.1, 0.15) is 0 Å². The molecule has 0 spiro atoms. The molecule has 0 amide bonds. The Morgan fingerprint density at radius 3 is 2.43 bits per heavy atom. The van der Waals surface area contributed by atoms with Crippen molar-refractivity contribution in [3.05, 3.63) is 53.0 Å². The third kappa shape index (κ3) is 1.80. The van der Waals surface area contributed by atoms with E-state index >= 15 is 0 Å². The highest BCUT2D eigenvalue weighted by molar-refractivity contribution is 9.10. The number of rotatable bonds is 1. The fraction of sp³-hybridized carbons (Fsp3) is 0. The molecule has 0 aliphatic heterocycles. The number of benzene rings is 2. The van der Waals surface area contributed by atoms with Crippen molar-refractivity contribution >= 4 is 15.9 Å². The van der Waals surface area contributed by atoms with Gasteiger partial charge in [-0.25, -0.2) is 0 Å². The van der Waals surface area contributed by atoms with Gasteiger partial charge in [-0.2, -0.15) is 0 Å². The van der Waals surface area contributed by atoms with Crippen LogP contribution in [-0.4, -0.2) is 5.11 Å². The van der Waals surface area contributed by atoms with E-state index in [4.69, 9.17) is 0 Å². The molecule has 1 nitrogen and oxygen atoms in total. The summed E-state index contributed by atoms with van der Waals surface area (Å²) in [7, 11) is 0. The minimum absolute atomic E-state index is 0.311. The van der Waals surface area contributed by atoms with Crippen molar-refractivity contribution in [1.82, 2.24) is 0 Å². The van der Waals surface area contributed by atoms with Gasteiger partial charge in [0.15, 0.2) is 0 Å². The number of aromatic hydroxyl groups is 1. The van der Waals surface area contributed by atoms with Crippen molar-refractivity contribution in [1.29, 1.82) is 0 Å². The Bertz CT molecular complexity index is 452. The third-order valence-corrected chi connectivity index (χ3v) is 2.53. The number of phenolic OH excluding ortho intramolecular Hbond substituents is 1. The SMILES string of the molecule is Oc1ccccc1-c1cccc(Br)c1. The summed E-state index contributed by atoms with van der Waals surface area (Å²) >= 11 is 3.40. The lowest BCUT2D eigenvalue weighted by Crippen LogP contribution is -1.78. The summed E-state index contributed by atoms with van der Waals surface area (Å²) in [4.78, 5) is 0. The van der Waals surface area contributed by atoms with E-state index in [-0.39, 0.29) is 0 Å². The number of halogens is 1. The molecule has 1 N–H and O–H groups in total. The molecule has 0 aliphatic carbocycles. The largest absolute Gasteiger partial charge is 0.507 e. The zero-order valence-corrected chi connectivity index (χ0v) is 9.03. The molecule has 0 saturated carbocycles. The molecule has 2 heteroatoms. The summed E-state index contributed by atoms with van der Waals surface area (Å²) in [5.74, 6) is 0.311. The molecule has 2 aromatic carbocycles. The van der Waals surface area contributed by atoms with Crippen LogP contribution in [-0.2, 0) is 0 Å². The molecular formula is C12H9BrO. The lowest BCUT2D eigenvalue weighted by Gasteiger charge is -2.04. The van der Waals surface area contributed by atoms with Gasteiger partial charge in [0.05, 0.1) is 0 Å². The number of hydrogen-bond acceptors (Lipinski definition) is 1. The molecule has 0 aromatic heterocycles. The van der Waals surface area contributed by atoms with E-state index in [9.17, 15) is 5.11 Å². The van der Waals surface area contributed by atoms with E-state index in [2.05, 4.69) is 15.9 Å². The van der Waals surface area contributed by atoms with Crippen LogP contribution in [0.5, 0.6) is 5.75 Å². The van der Waals surface area contributed by atoms with Gasteiger partial charge in [0.1, 0.15) is 5.75 Å². The second-order valence-corrected chi connectivity index (χ2v) is 3.94. The summed E-state index contributed by atoms with van der Waals surface area (Å²) in [6, 6.07) is 15.2. The second kappa shape index (κ2) is 3.84. The summed E-state index contributed by atoms with van der Waals surface area (Å²) in [5, 5.41) is 9.64. The van der Waals surface area contributed by atoms with E-state index in [1.54, 1.807) is 6.07 Å². The first kappa shape index (κ1) is 9.28. The molecule has 0 fully saturated rings. The van der Waals surface area contributed by atoms with Gasteiger partial charge in [0.25, 0.3) is 0 Å². The predicted molar refractivity (Wildman–Crippen MR) is 61.2 cm³/mol. The quantitative estimate of drug-likeness (QED) is 0.814. The van der Waals surface area contributed by atoms with Crippen LogP contribution in [0.4, 0.5) is 0 Å². The van der Waals surface area contributed by atoms with Gasteiger partial charge < -0.3 is 5.11 Å². The monoisotopic (exact) mass is 248 g/mol. The zero-order valence-electron chi connectivity index (χ0n) is 7.44. The highest BCUT2D eigenvalue weighted by Gasteiger charge is 2.02. The lowest BCUT2D eigenvalue weighted by molar-refractivity contribution is 0.477. The van der Waals surface area contributed by atoms with Crippen molar-refractivity contribution in [3.63, 3.8) is 0 Å². The van der Waals surface area contributed by atoms with Crippen LogP contribution in [0.2, 0.25) is 0 Å². The van der Waals surface area contributed by atoms with Gasteiger partial charge in [-0.3, -0.25) is 0 Å². The van der Waals surface area contributed by atoms with Crippen molar-refractivity contribution < 1.29 is 5.11 Å². The Morgan fingerprint density at radius 2 is 1.71 bits per heavy atom. The van der Waals surface area contributed by atoms with E-state index in [0.29, 0.717) is 5.75 Å². The number of hydrogen-bond donors (Lipinski definition) is 1. The average Bonchev–Trinajstić information content (AvgIpc) is 2.18. The van der Waals surface area contributed by atoms with Crippen LogP contribution < -0.4 is 0 Å². The smallest absolute Gasteiger partial charge is 0.123 e. The summed E-state index contributed by atoms with van der Waals surface area (Å²) in [6.45, 7) is 0. The normalized spacial score (nSPS) is 10.1. The van der Waals surface area contributed by atoms with Crippen molar-refractivity contribution in [2.24, 2.45) is 0 Å². The first-order valence-corrected chi connectivity index (χ1v) is 5.10. The first-order chi connectivity index (χ1) is 6.77. The molecule has 0 bridgehead atoms. The van der Waals surface area contributed by atoms with Crippen molar-refractivity contribution in [2.75, 3.05) is 0 Å². The Balaban J connectivity index is 2.55. The molecule has 70 valence electrons. The Labute approximate surface area is 91.2 Å². The van der Waals surface area contributed by atoms with Crippen molar-refractivity contribution in [3.8, 4) is 16.9 Å². The van der Waals surface area contributed by atoms with Crippen LogP contribution in [0.15, 0.2) is 53.0 Å². The molecule has 0 saturated heterocycles. The predicted octanol–water partition coefficient (Wildman–Crippen LogP) is 3.82. The van der Waals surface area contributed by atoms with Gasteiger partial charge in [-0.1, -0.05) is 46.3 Å². The molecule has 14 heavy (non-hydrogen) atoms. The molecule has 0 heterocycles. The molecule has 0 radical (unpaired) electrons. The van der Waals surface area contributed by atoms with Gasteiger partial charge in [-0.15, -0.1) is 0 Å². The number of phenols is 1. The standard InChI is InChI=1S/C12H9BrO/c13-10-5-3-4-9(8-10)11-6-1-2-7-12(11)14/h1-8,14H. The van der Waals surface area contributed by atoms with Gasteiger partial charge in [0, 0.05) is 10.0 Å². The van der Waals surface area contributed by atoms with Crippen LogP contribution in [0.3, 0.4) is 0 Å². The Morgan fingerprint density at radius 1 is 0.929 bits per heavy atom. The fourth-order valence-electron chi connectivity index (χ4n) is 1.37. The second-order valence-electron chi connectivity index (χ2n) is 3.03. The fourth-order valence-corrected chi connectivity index (χ4v) is 1.77. The van der Waals surface area contributed by atoms with Gasteiger partial charge in [-0.05, 0) is 23.8 Å². The Kier molecular flexibility index (Phi) is 2.55. The van der Waals surface area contributed by atoms with E-state index < -0.39 is 0 Å². The maximum atomic E-state index is 9.64. The maximum Gasteiger partial charge on any atom is 0.123 e. The molecular weight excluding hydrogens is 240 g/mol. The molecule has 0 aliphatic rings. The number of para-hydroxylation sites is 1. The molecule has 0 unspecified atom stereocenters. The first-order valence-electron chi connectivity index (χ1n) is 4.31. The summed E-state index contributed by atoms with van der Waals surface area (Å²) in [5.41, 5.74) is 1.87. The van der Waals surface area contributed by atoms with Crippen molar-refractivity contribution in [2.45, 2.75) is 0 Å². The lowest BCUT2D eigenvalue weighted by atomic mass is 10.1. The average molecular weight is 249 g/mol. The highest BCUT2D eigenvalue weighted by atomic mass is 79.9. The summed E-state index contributed by atoms with van der Waals surface area (Å²) < 4.78 is 1.01. The summed E-state index contributed by atoms with van der Waals surface area (Å²) in [6.07, 6.45) is 0. The van der Waals surface area contributed by atoms with Crippen LogP contribution >= 0.6 is 15.9 Å². The van der Waals surface area contributed by atoms with Crippen LogP contribution in [0.25, 0.3) is 11.1 Å². The minimum Gasteiger partial charge on any atom is -0.507 e. The highest BCUT2D eigenvalue weighted by Crippen LogP contribution is 2.29. The topological polar surface area (TPSA) is 20.2 Å². The molecule has 2 rings (SSSR count). The zero-order chi connectivity index (χ0) is 9.97. The molecule has 2 aromatic rings. The minimum atomic E-state index is 0.311.